The first-order valence-electron chi connectivity index (χ1n) is 9.16. The number of carbonyl (C=O) groups excluding carboxylic acids is 1. The fourth-order valence-corrected chi connectivity index (χ4v) is 4.19. The fraction of sp³-hybridized carbons (Fsp3) is 0.136. The molecule has 4 aromatic heterocycles. The number of thiophene rings is 1. The predicted molar refractivity (Wildman–Crippen MR) is 114 cm³/mol. The molecule has 4 aromatic rings. The van der Waals surface area contributed by atoms with Gasteiger partial charge in [-0.05, 0) is 55.8 Å². The Balaban J connectivity index is 1.76. The van der Waals surface area contributed by atoms with E-state index in [1.54, 1.807) is 24.5 Å². The average molecular weight is 404 g/mol. The molecule has 6 nitrogen and oxygen atoms in total. The van der Waals surface area contributed by atoms with Gasteiger partial charge in [0, 0.05) is 22.8 Å². The Bertz CT molecular complexity index is 1090. The molecule has 0 aromatic carbocycles. The van der Waals surface area contributed by atoms with Crippen molar-refractivity contribution < 1.29 is 9.21 Å². The summed E-state index contributed by atoms with van der Waals surface area (Å²) in [7, 11) is 0. The highest BCUT2D eigenvalue weighted by Crippen LogP contribution is 2.40. The molecule has 4 rings (SSSR count). The molecule has 1 amide bonds. The van der Waals surface area contributed by atoms with Crippen molar-refractivity contribution in [3.8, 4) is 0 Å². The van der Waals surface area contributed by atoms with Gasteiger partial charge in [0.25, 0.3) is 5.91 Å². The topological polar surface area (TPSA) is 80.0 Å². The zero-order chi connectivity index (χ0) is 20.2. The van der Waals surface area contributed by atoms with Gasteiger partial charge in [0.2, 0.25) is 0 Å². The molecule has 0 aliphatic heterocycles. The molecule has 0 bridgehead atoms. The highest BCUT2D eigenvalue weighted by Gasteiger charge is 2.26. The van der Waals surface area contributed by atoms with E-state index in [-0.39, 0.29) is 17.7 Å². The SMILES string of the molecule is Cc1sc(NC(=O)c2ccco2)c(C(Nc2ccccn2)c2ccccn2)c1C. The molecule has 2 N–H and O–H groups in total. The quantitative estimate of drug-likeness (QED) is 0.462. The van der Waals surface area contributed by atoms with Gasteiger partial charge in [-0.2, -0.15) is 0 Å². The van der Waals surface area contributed by atoms with Crippen molar-refractivity contribution in [3.05, 3.63) is 94.6 Å². The molecular formula is C22H20N4O2S. The van der Waals surface area contributed by atoms with E-state index in [1.165, 1.54) is 17.6 Å². The van der Waals surface area contributed by atoms with Gasteiger partial charge in [0.15, 0.2) is 5.76 Å². The molecular weight excluding hydrogens is 384 g/mol. The summed E-state index contributed by atoms with van der Waals surface area (Å²) in [5.41, 5.74) is 2.91. The van der Waals surface area contributed by atoms with E-state index < -0.39 is 0 Å². The number of anilines is 2. The van der Waals surface area contributed by atoms with Crippen LogP contribution in [0.25, 0.3) is 0 Å². The number of carbonyl (C=O) groups is 1. The number of amides is 1. The third-order valence-electron chi connectivity index (χ3n) is 4.63. The number of hydrogen-bond donors (Lipinski definition) is 2. The van der Waals surface area contributed by atoms with Crippen molar-refractivity contribution in [2.24, 2.45) is 0 Å². The van der Waals surface area contributed by atoms with Gasteiger partial charge in [-0.3, -0.25) is 9.78 Å². The summed E-state index contributed by atoms with van der Waals surface area (Å²) in [4.78, 5) is 22.7. The minimum Gasteiger partial charge on any atom is -0.459 e. The molecule has 0 fully saturated rings. The number of pyridine rings is 2. The number of nitrogens with one attached hydrogen (secondary N) is 2. The van der Waals surface area contributed by atoms with Crippen LogP contribution in [0.15, 0.2) is 71.6 Å². The summed E-state index contributed by atoms with van der Waals surface area (Å²) in [6.45, 7) is 4.10. The van der Waals surface area contributed by atoms with E-state index in [0.29, 0.717) is 0 Å². The molecule has 0 saturated carbocycles. The van der Waals surface area contributed by atoms with Crippen molar-refractivity contribution >= 4 is 28.1 Å². The first-order valence-corrected chi connectivity index (χ1v) is 9.98. The van der Waals surface area contributed by atoms with Crippen molar-refractivity contribution in [2.45, 2.75) is 19.9 Å². The van der Waals surface area contributed by atoms with Gasteiger partial charge < -0.3 is 15.1 Å². The maximum atomic E-state index is 12.6. The second-order valence-corrected chi connectivity index (χ2v) is 7.73. The Morgan fingerprint density at radius 3 is 2.48 bits per heavy atom. The number of nitrogens with zero attached hydrogens (tertiary/aromatic N) is 2. The lowest BCUT2D eigenvalue weighted by atomic mass is 10.00. The minimum atomic E-state index is -0.282. The zero-order valence-electron chi connectivity index (χ0n) is 16.0. The Labute approximate surface area is 172 Å². The van der Waals surface area contributed by atoms with Gasteiger partial charge in [-0.25, -0.2) is 4.98 Å². The van der Waals surface area contributed by atoms with E-state index in [4.69, 9.17) is 4.42 Å². The van der Waals surface area contributed by atoms with E-state index in [0.717, 1.165) is 32.5 Å². The Morgan fingerprint density at radius 1 is 1.03 bits per heavy atom. The summed E-state index contributed by atoms with van der Waals surface area (Å²) in [5, 5.41) is 7.25. The van der Waals surface area contributed by atoms with Crippen LogP contribution >= 0.6 is 11.3 Å². The highest BCUT2D eigenvalue weighted by atomic mass is 32.1. The monoisotopic (exact) mass is 404 g/mol. The van der Waals surface area contributed by atoms with Gasteiger partial charge in [-0.1, -0.05) is 12.1 Å². The second-order valence-electron chi connectivity index (χ2n) is 6.50. The molecule has 1 atom stereocenters. The number of rotatable bonds is 6. The summed E-state index contributed by atoms with van der Waals surface area (Å²) in [6.07, 6.45) is 4.99. The van der Waals surface area contributed by atoms with Crippen molar-refractivity contribution in [3.63, 3.8) is 0 Å². The largest absolute Gasteiger partial charge is 0.459 e. The van der Waals surface area contributed by atoms with Crippen LogP contribution in [0.4, 0.5) is 10.8 Å². The third kappa shape index (κ3) is 4.05. The van der Waals surface area contributed by atoms with Gasteiger partial charge in [0.05, 0.1) is 18.0 Å². The number of aromatic nitrogens is 2. The van der Waals surface area contributed by atoms with Crippen LogP contribution in [0.3, 0.4) is 0 Å². The molecule has 4 heterocycles. The lowest BCUT2D eigenvalue weighted by Crippen LogP contribution is -2.18. The molecule has 0 radical (unpaired) electrons. The van der Waals surface area contributed by atoms with Crippen LogP contribution in [0, 0.1) is 13.8 Å². The summed E-state index contributed by atoms with van der Waals surface area (Å²) < 4.78 is 5.24. The molecule has 146 valence electrons. The van der Waals surface area contributed by atoms with Crippen molar-refractivity contribution in [2.75, 3.05) is 10.6 Å². The van der Waals surface area contributed by atoms with Crippen LogP contribution < -0.4 is 10.6 Å². The normalized spacial score (nSPS) is 11.8. The highest BCUT2D eigenvalue weighted by molar-refractivity contribution is 7.16. The average Bonchev–Trinajstić information content (AvgIpc) is 3.37. The molecule has 1 unspecified atom stereocenters. The number of furan rings is 1. The summed E-state index contributed by atoms with van der Waals surface area (Å²) in [6, 6.07) is 14.6. The van der Waals surface area contributed by atoms with Crippen molar-refractivity contribution in [1.82, 2.24) is 9.97 Å². The first-order chi connectivity index (χ1) is 14.1. The minimum absolute atomic E-state index is 0.270. The fourth-order valence-electron chi connectivity index (χ4n) is 3.09. The molecule has 0 aliphatic carbocycles. The Hall–Kier alpha value is -3.45. The Kier molecular flexibility index (Phi) is 5.39. The van der Waals surface area contributed by atoms with Crippen LogP contribution in [0.2, 0.25) is 0 Å². The van der Waals surface area contributed by atoms with Crippen LogP contribution in [-0.4, -0.2) is 15.9 Å². The predicted octanol–water partition coefficient (Wildman–Crippen LogP) is 5.20. The molecule has 0 saturated heterocycles. The van der Waals surface area contributed by atoms with E-state index in [9.17, 15) is 4.79 Å². The standard InChI is InChI=1S/C22H20N4O2S/c1-14-15(2)29-22(26-21(27)17-9-7-13-28-17)19(14)20(16-8-3-5-11-23-16)25-18-10-4-6-12-24-18/h3-13,20H,1-2H3,(H,24,25)(H,26,27). The maximum Gasteiger partial charge on any atom is 0.291 e. The maximum absolute atomic E-state index is 12.6. The second kappa shape index (κ2) is 8.28. The summed E-state index contributed by atoms with van der Waals surface area (Å²) >= 11 is 1.54. The van der Waals surface area contributed by atoms with Gasteiger partial charge >= 0.3 is 0 Å². The van der Waals surface area contributed by atoms with E-state index in [1.807, 2.05) is 43.3 Å². The van der Waals surface area contributed by atoms with E-state index in [2.05, 4.69) is 27.5 Å². The van der Waals surface area contributed by atoms with Gasteiger partial charge in [-0.15, -0.1) is 11.3 Å². The molecule has 0 aliphatic rings. The van der Waals surface area contributed by atoms with Crippen LogP contribution in [-0.2, 0) is 0 Å². The molecule has 7 heteroatoms. The molecule has 29 heavy (non-hydrogen) atoms. The smallest absolute Gasteiger partial charge is 0.291 e. The van der Waals surface area contributed by atoms with Crippen LogP contribution in [0.5, 0.6) is 0 Å². The molecule has 0 spiro atoms. The van der Waals surface area contributed by atoms with Crippen LogP contribution in [0.1, 0.15) is 38.3 Å². The van der Waals surface area contributed by atoms with Gasteiger partial charge in [0.1, 0.15) is 10.8 Å². The third-order valence-corrected chi connectivity index (χ3v) is 5.77. The van der Waals surface area contributed by atoms with E-state index >= 15 is 0 Å². The number of hydrogen-bond acceptors (Lipinski definition) is 6. The first kappa shape index (κ1) is 18.9. The summed E-state index contributed by atoms with van der Waals surface area (Å²) in [5.74, 6) is 0.719. The Morgan fingerprint density at radius 2 is 1.83 bits per heavy atom. The number of aryl methyl sites for hydroxylation is 1. The lowest BCUT2D eigenvalue weighted by Gasteiger charge is -2.21. The zero-order valence-corrected chi connectivity index (χ0v) is 16.9. The lowest BCUT2D eigenvalue weighted by molar-refractivity contribution is 0.0997. The van der Waals surface area contributed by atoms with Crippen molar-refractivity contribution in [1.29, 1.82) is 0 Å².